The van der Waals surface area contributed by atoms with Crippen LogP contribution in [0.5, 0.6) is 0 Å². The van der Waals surface area contributed by atoms with Crippen molar-refractivity contribution >= 4 is 38.6 Å². The number of nitrogens with one attached hydrogen (secondary N) is 1. The van der Waals surface area contributed by atoms with Gasteiger partial charge in [0.15, 0.2) is 0 Å². The first kappa shape index (κ1) is 14.3. The van der Waals surface area contributed by atoms with Crippen LogP contribution >= 0.6 is 27.3 Å². The monoisotopic (exact) mass is 339 g/mol. The average Bonchev–Trinajstić information content (AvgIpc) is 2.65. The van der Waals surface area contributed by atoms with Gasteiger partial charge in [-0.3, -0.25) is 0 Å². The zero-order valence-corrected chi connectivity index (χ0v) is 14.0. The molecule has 1 aromatic heterocycles. The molecule has 3 nitrogen and oxygen atoms in total. The standard InChI is InChI=1S/C14H18BrN3S/c1-9-14(19-10(2)17-9)8-16-12-7-11(15)5-6-13(12)18(3)4/h5-7,16H,8H2,1-4H3. The van der Waals surface area contributed by atoms with E-state index in [1.165, 1.54) is 10.6 Å². The van der Waals surface area contributed by atoms with Crippen LogP contribution in [0.4, 0.5) is 11.4 Å². The number of rotatable bonds is 4. The largest absolute Gasteiger partial charge is 0.378 e. The number of hydrogen-bond acceptors (Lipinski definition) is 4. The van der Waals surface area contributed by atoms with E-state index in [0.717, 1.165) is 27.4 Å². The Morgan fingerprint density at radius 1 is 1.32 bits per heavy atom. The summed E-state index contributed by atoms with van der Waals surface area (Å²) >= 11 is 5.28. The van der Waals surface area contributed by atoms with Gasteiger partial charge in [0.1, 0.15) is 0 Å². The molecule has 0 aliphatic rings. The molecule has 0 saturated carbocycles. The SMILES string of the molecule is Cc1nc(C)c(CNc2cc(Br)ccc2N(C)C)s1. The third-order valence-corrected chi connectivity index (χ3v) is 4.45. The van der Waals surface area contributed by atoms with Crippen molar-refractivity contribution < 1.29 is 0 Å². The Balaban J connectivity index is 2.19. The smallest absolute Gasteiger partial charge is 0.0900 e. The Bertz CT molecular complexity index is 578. The summed E-state index contributed by atoms with van der Waals surface area (Å²) in [5.74, 6) is 0. The van der Waals surface area contributed by atoms with Gasteiger partial charge in [0, 0.05) is 23.4 Å². The molecule has 0 unspecified atom stereocenters. The van der Waals surface area contributed by atoms with Gasteiger partial charge in [-0.05, 0) is 32.0 Å². The average molecular weight is 340 g/mol. The highest BCUT2D eigenvalue weighted by atomic mass is 79.9. The maximum atomic E-state index is 4.46. The third-order valence-electron chi connectivity index (χ3n) is 2.88. The highest BCUT2D eigenvalue weighted by Crippen LogP contribution is 2.29. The van der Waals surface area contributed by atoms with Crippen molar-refractivity contribution in [2.24, 2.45) is 0 Å². The number of halogens is 1. The van der Waals surface area contributed by atoms with Crippen LogP contribution < -0.4 is 10.2 Å². The molecule has 102 valence electrons. The highest BCUT2D eigenvalue weighted by molar-refractivity contribution is 9.10. The Kier molecular flexibility index (Phi) is 4.47. The summed E-state index contributed by atoms with van der Waals surface area (Å²) in [6.07, 6.45) is 0. The molecule has 0 radical (unpaired) electrons. The van der Waals surface area contributed by atoms with Crippen molar-refractivity contribution in [3.05, 3.63) is 38.3 Å². The van der Waals surface area contributed by atoms with Gasteiger partial charge in [0.05, 0.1) is 28.6 Å². The lowest BCUT2D eigenvalue weighted by molar-refractivity contribution is 1.09. The number of hydrogen-bond donors (Lipinski definition) is 1. The van der Waals surface area contributed by atoms with E-state index in [4.69, 9.17) is 0 Å². The van der Waals surface area contributed by atoms with Gasteiger partial charge in [-0.15, -0.1) is 11.3 Å². The minimum absolute atomic E-state index is 0.814. The molecule has 0 atom stereocenters. The summed E-state index contributed by atoms with van der Waals surface area (Å²) in [5.41, 5.74) is 3.43. The quantitative estimate of drug-likeness (QED) is 0.904. The maximum absolute atomic E-state index is 4.46. The number of aromatic nitrogens is 1. The number of thiazole rings is 1. The van der Waals surface area contributed by atoms with E-state index in [2.05, 4.69) is 70.3 Å². The lowest BCUT2D eigenvalue weighted by Crippen LogP contribution is -2.12. The number of nitrogens with zero attached hydrogens (tertiary/aromatic N) is 2. The van der Waals surface area contributed by atoms with Gasteiger partial charge >= 0.3 is 0 Å². The molecule has 19 heavy (non-hydrogen) atoms. The van der Waals surface area contributed by atoms with Crippen molar-refractivity contribution in [1.82, 2.24) is 4.98 Å². The molecule has 5 heteroatoms. The molecule has 0 saturated heterocycles. The number of aryl methyl sites for hydroxylation is 2. The van der Waals surface area contributed by atoms with Crippen LogP contribution in [0.25, 0.3) is 0 Å². The van der Waals surface area contributed by atoms with Crippen molar-refractivity contribution in [1.29, 1.82) is 0 Å². The second-order valence-electron chi connectivity index (χ2n) is 4.65. The molecular weight excluding hydrogens is 322 g/mol. The van der Waals surface area contributed by atoms with Gasteiger partial charge in [-0.25, -0.2) is 4.98 Å². The van der Waals surface area contributed by atoms with Crippen LogP contribution in [-0.2, 0) is 6.54 Å². The van der Waals surface area contributed by atoms with E-state index in [0.29, 0.717) is 0 Å². The normalized spacial score (nSPS) is 10.6. The fourth-order valence-electron chi connectivity index (χ4n) is 1.95. The van der Waals surface area contributed by atoms with Crippen LogP contribution in [0.15, 0.2) is 22.7 Å². The zero-order valence-electron chi connectivity index (χ0n) is 11.6. The van der Waals surface area contributed by atoms with E-state index in [9.17, 15) is 0 Å². The number of anilines is 2. The molecule has 0 amide bonds. The lowest BCUT2D eigenvalue weighted by Gasteiger charge is -2.18. The fraction of sp³-hybridized carbons (Fsp3) is 0.357. The van der Waals surface area contributed by atoms with Gasteiger partial charge in [-0.1, -0.05) is 15.9 Å². The minimum Gasteiger partial charge on any atom is -0.378 e. The van der Waals surface area contributed by atoms with Gasteiger partial charge in [0.25, 0.3) is 0 Å². The summed E-state index contributed by atoms with van der Waals surface area (Å²) in [6.45, 7) is 4.93. The Morgan fingerprint density at radius 3 is 2.63 bits per heavy atom. The van der Waals surface area contributed by atoms with Crippen LogP contribution in [-0.4, -0.2) is 19.1 Å². The van der Waals surface area contributed by atoms with Gasteiger partial charge in [0.2, 0.25) is 0 Å². The predicted molar refractivity (Wildman–Crippen MR) is 87.4 cm³/mol. The van der Waals surface area contributed by atoms with Crippen LogP contribution in [0.2, 0.25) is 0 Å². The van der Waals surface area contributed by atoms with E-state index in [1.807, 2.05) is 6.92 Å². The summed E-state index contributed by atoms with van der Waals surface area (Å²) in [6, 6.07) is 6.28. The molecule has 0 aliphatic carbocycles. The van der Waals surface area contributed by atoms with E-state index in [-0.39, 0.29) is 0 Å². The van der Waals surface area contributed by atoms with Crippen molar-refractivity contribution in [2.75, 3.05) is 24.3 Å². The predicted octanol–water partition coefficient (Wildman–Crippen LogP) is 4.20. The second-order valence-corrected chi connectivity index (χ2v) is 6.85. The van der Waals surface area contributed by atoms with Gasteiger partial charge < -0.3 is 10.2 Å². The van der Waals surface area contributed by atoms with Gasteiger partial charge in [-0.2, -0.15) is 0 Å². The Labute approximate surface area is 126 Å². The van der Waals surface area contributed by atoms with Crippen LogP contribution in [0.1, 0.15) is 15.6 Å². The van der Waals surface area contributed by atoms with E-state index < -0.39 is 0 Å². The van der Waals surface area contributed by atoms with E-state index in [1.54, 1.807) is 11.3 Å². The molecule has 1 heterocycles. The topological polar surface area (TPSA) is 28.2 Å². The summed E-state index contributed by atoms with van der Waals surface area (Å²) in [4.78, 5) is 7.86. The number of benzene rings is 1. The second kappa shape index (κ2) is 5.92. The van der Waals surface area contributed by atoms with Crippen LogP contribution in [0.3, 0.4) is 0 Å². The molecule has 2 rings (SSSR count). The fourth-order valence-corrected chi connectivity index (χ4v) is 3.19. The first-order valence-corrected chi connectivity index (χ1v) is 7.72. The summed E-state index contributed by atoms with van der Waals surface area (Å²) < 4.78 is 1.08. The zero-order chi connectivity index (χ0) is 14.0. The summed E-state index contributed by atoms with van der Waals surface area (Å²) in [7, 11) is 4.10. The molecule has 1 N–H and O–H groups in total. The first-order chi connectivity index (χ1) is 8.97. The first-order valence-electron chi connectivity index (χ1n) is 6.11. The minimum atomic E-state index is 0.814. The Hall–Kier alpha value is -1.07. The molecule has 1 aromatic carbocycles. The van der Waals surface area contributed by atoms with Crippen molar-refractivity contribution in [3.63, 3.8) is 0 Å². The maximum Gasteiger partial charge on any atom is 0.0900 e. The van der Waals surface area contributed by atoms with Crippen molar-refractivity contribution in [3.8, 4) is 0 Å². The lowest BCUT2D eigenvalue weighted by atomic mass is 10.2. The van der Waals surface area contributed by atoms with Crippen molar-refractivity contribution in [2.45, 2.75) is 20.4 Å². The third kappa shape index (κ3) is 3.48. The Morgan fingerprint density at radius 2 is 2.05 bits per heavy atom. The molecule has 0 aliphatic heterocycles. The molecule has 0 spiro atoms. The molecule has 0 bridgehead atoms. The highest BCUT2D eigenvalue weighted by Gasteiger charge is 2.08. The molecule has 2 aromatic rings. The summed E-state index contributed by atoms with van der Waals surface area (Å²) in [5, 5.41) is 4.63. The van der Waals surface area contributed by atoms with E-state index >= 15 is 0 Å². The molecular formula is C14H18BrN3S. The van der Waals surface area contributed by atoms with Crippen LogP contribution in [0, 0.1) is 13.8 Å². The molecule has 0 fully saturated rings.